The number of esters is 1. The largest absolute Gasteiger partial charge is 0.480 e. The Hall–Kier alpha value is -1.40. The molecule has 0 aromatic rings. The third-order valence-corrected chi connectivity index (χ3v) is 1.99. The van der Waals surface area contributed by atoms with Crippen molar-refractivity contribution in [2.24, 2.45) is 5.73 Å². The number of carbonyl (C=O) groups excluding carboxylic acids is 1. The predicted octanol–water partition coefficient (Wildman–Crippen LogP) is 0.474. The first kappa shape index (κ1) is 19.0. The number of hydrogen-bond donors (Lipinski definition) is 2. The Morgan fingerprint density at radius 1 is 1.50 bits per heavy atom. The molecular weight excluding hydrogens is 236 g/mol. The highest BCUT2D eigenvalue weighted by Crippen LogP contribution is 1.99. The van der Waals surface area contributed by atoms with Crippen LogP contribution in [0.15, 0.2) is 12.7 Å². The molecule has 0 fully saturated rings. The fraction of sp³-hybridized carbons (Fsp3) is 0.667. The SMILES string of the molecule is C=CCOC(=O)C(C)(C)N.CC(C(=O)O)N(C)C. The predicted molar refractivity (Wildman–Crippen MR) is 70.2 cm³/mol. The van der Waals surface area contributed by atoms with Gasteiger partial charge in [0.2, 0.25) is 0 Å². The summed E-state index contributed by atoms with van der Waals surface area (Å²) in [5, 5.41) is 8.31. The molecule has 0 saturated carbocycles. The molecule has 0 radical (unpaired) electrons. The van der Waals surface area contributed by atoms with Gasteiger partial charge in [-0.1, -0.05) is 12.7 Å². The van der Waals surface area contributed by atoms with E-state index >= 15 is 0 Å². The monoisotopic (exact) mass is 260 g/mol. The summed E-state index contributed by atoms with van der Waals surface area (Å²) in [6.07, 6.45) is 1.50. The standard InChI is InChI=1S/C7H13NO2.C5H11NO2/c1-4-5-10-6(9)7(2,3)8;1-4(5(7)8)6(2)3/h4H,1,5,8H2,2-3H3;4H,1-3H3,(H,7,8). The second-order valence-corrected chi connectivity index (χ2v) is 4.59. The van der Waals surface area contributed by atoms with Crippen molar-refractivity contribution in [3.63, 3.8) is 0 Å². The lowest BCUT2D eigenvalue weighted by molar-refractivity contribution is -0.147. The summed E-state index contributed by atoms with van der Waals surface area (Å²) in [7, 11) is 3.47. The van der Waals surface area contributed by atoms with Gasteiger partial charge in [-0.2, -0.15) is 0 Å². The molecule has 0 aliphatic heterocycles. The molecule has 6 nitrogen and oxygen atoms in total. The topological polar surface area (TPSA) is 92.9 Å². The Bertz CT molecular complexity index is 282. The van der Waals surface area contributed by atoms with Crippen LogP contribution in [0.1, 0.15) is 20.8 Å². The van der Waals surface area contributed by atoms with Crippen molar-refractivity contribution in [3.8, 4) is 0 Å². The number of carbonyl (C=O) groups is 2. The zero-order chi connectivity index (χ0) is 14.9. The molecule has 0 saturated heterocycles. The molecule has 1 unspecified atom stereocenters. The zero-order valence-corrected chi connectivity index (χ0v) is 11.8. The molecule has 6 heteroatoms. The fourth-order valence-electron chi connectivity index (χ4n) is 0.541. The third kappa shape index (κ3) is 9.80. The van der Waals surface area contributed by atoms with Crippen molar-refractivity contribution >= 4 is 11.9 Å². The number of nitrogens with zero attached hydrogens (tertiary/aromatic N) is 1. The van der Waals surface area contributed by atoms with E-state index in [0.29, 0.717) is 0 Å². The van der Waals surface area contributed by atoms with Crippen LogP contribution in [-0.2, 0) is 14.3 Å². The summed E-state index contributed by atoms with van der Waals surface area (Å²) in [6.45, 7) is 8.45. The van der Waals surface area contributed by atoms with Crippen LogP contribution in [-0.4, -0.2) is 54.2 Å². The second kappa shape index (κ2) is 8.66. The first-order chi connectivity index (χ1) is 8.03. The number of carboxylic acid groups (broad SMARTS) is 1. The highest BCUT2D eigenvalue weighted by atomic mass is 16.5. The Kier molecular flexibility index (Phi) is 9.11. The zero-order valence-electron chi connectivity index (χ0n) is 11.8. The normalized spacial score (nSPS) is 12.2. The van der Waals surface area contributed by atoms with Gasteiger partial charge in [0.1, 0.15) is 18.2 Å². The molecular formula is C12H24N2O4. The molecule has 0 amide bonds. The molecule has 0 spiro atoms. The molecule has 1 atom stereocenters. The van der Waals surface area contributed by atoms with Gasteiger partial charge >= 0.3 is 11.9 Å². The number of aliphatic carboxylic acids is 1. The minimum Gasteiger partial charge on any atom is -0.480 e. The molecule has 0 aliphatic carbocycles. The van der Waals surface area contributed by atoms with Crippen LogP contribution in [0.2, 0.25) is 0 Å². The van der Waals surface area contributed by atoms with E-state index in [1.165, 1.54) is 6.08 Å². The van der Waals surface area contributed by atoms with Crippen LogP contribution >= 0.6 is 0 Å². The van der Waals surface area contributed by atoms with Crippen LogP contribution < -0.4 is 5.73 Å². The lowest BCUT2D eigenvalue weighted by atomic mass is 10.1. The summed E-state index contributed by atoms with van der Waals surface area (Å²) < 4.78 is 4.67. The highest BCUT2D eigenvalue weighted by Gasteiger charge is 2.22. The minimum atomic E-state index is -0.900. The summed E-state index contributed by atoms with van der Waals surface area (Å²) in [5.41, 5.74) is 4.51. The summed E-state index contributed by atoms with van der Waals surface area (Å²) in [5.74, 6) is -1.19. The first-order valence-electron chi connectivity index (χ1n) is 5.50. The molecule has 0 rings (SSSR count). The van der Waals surface area contributed by atoms with Gasteiger partial charge < -0.3 is 15.6 Å². The van der Waals surface area contributed by atoms with Gasteiger partial charge in [0.15, 0.2) is 0 Å². The van der Waals surface area contributed by atoms with E-state index in [2.05, 4.69) is 11.3 Å². The van der Waals surface area contributed by atoms with E-state index in [1.54, 1.807) is 39.8 Å². The van der Waals surface area contributed by atoms with Crippen molar-refractivity contribution in [1.29, 1.82) is 0 Å². The molecule has 18 heavy (non-hydrogen) atoms. The number of likely N-dealkylation sites (N-methyl/N-ethyl adjacent to an activating group) is 1. The third-order valence-electron chi connectivity index (χ3n) is 1.99. The Morgan fingerprint density at radius 2 is 1.94 bits per heavy atom. The fourth-order valence-corrected chi connectivity index (χ4v) is 0.541. The second-order valence-electron chi connectivity index (χ2n) is 4.59. The van der Waals surface area contributed by atoms with Gasteiger partial charge in [-0.25, -0.2) is 0 Å². The van der Waals surface area contributed by atoms with Crippen molar-refractivity contribution in [2.75, 3.05) is 20.7 Å². The number of carboxylic acids is 1. The van der Waals surface area contributed by atoms with Gasteiger partial charge in [-0.3, -0.25) is 14.5 Å². The first-order valence-corrected chi connectivity index (χ1v) is 5.50. The van der Waals surface area contributed by atoms with E-state index < -0.39 is 17.5 Å². The Morgan fingerprint density at radius 3 is 2.11 bits per heavy atom. The smallest absolute Gasteiger partial charge is 0.325 e. The van der Waals surface area contributed by atoms with Crippen molar-refractivity contribution in [3.05, 3.63) is 12.7 Å². The van der Waals surface area contributed by atoms with E-state index in [-0.39, 0.29) is 12.6 Å². The van der Waals surface area contributed by atoms with E-state index in [9.17, 15) is 9.59 Å². The van der Waals surface area contributed by atoms with E-state index in [1.807, 2.05) is 0 Å². The van der Waals surface area contributed by atoms with Gasteiger partial charge in [0.25, 0.3) is 0 Å². The van der Waals surface area contributed by atoms with Crippen LogP contribution in [0.3, 0.4) is 0 Å². The van der Waals surface area contributed by atoms with Crippen LogP contribution in [0.5, 0.6) is 0 Å². The van der Waals surface area contributed by atoms with Gasteiger partial charge in [-0.05, 0) is 34.9 Å². The average molecular weight is 260 g/mol. The lowest BCUT2D eigenvalue weighted by Gasteiger charge is -2.15. The van der Waals surface area contributed by atoms with Crippen molar-refractivity contribution in [2.45, 2.75) is 32.4 Å². The van der Waals surface area contributed by atoms with E-state index in [4.69, 9.17) is 10.8 Å². The van der Waals surface area contributed by atoms with Crippen LogP contribution in [0, 0.1) is 0 Å². The summed E-state index contributed by atoms with van der Waals surface area (Å²) in [6, 6.07) is -0.380. The molecule has 0 aromatic heterocycles. The Balaban J connectivity index is 0. The van der Waals surface area contributed by atoms with Gasteiger partial charge in [0, 0.05) is 0 Å². The molecule has 106 valence electrons. The van der Waals surface area contributed by atoms with Gasteiger partial charge in [0.05, 0.1) is 0 Å². The minimum absolute atomic E-state index is 0.222. The number of ether oxygens (including phenoxy) is 1. The van der Waals surface area contributed by atoms with Crippen LogP contribution in [0.4, 0.5) is 0 Å². The number of nitrogens with two attached hydrogens (primary N) is 1. The molecule has 0 aliphatic rings. The highest BCUT2D eigenvalue weighted by molar-refractivity contribution is 5.79. The number of hydrogen-bond acceptors (Lipinski definition) is 5. The van der Waals surface area contributed by atoms with E-state index in [0.717, 1.165) is 0 Å². The average Bonchev–Trinajstić information content (AvgIpc) is 2.23. The summed E-state index contributed by atoms with van der Waals surface area (Å²) >= 11 is 0. The number of rotatable bonds is 5. The molecule has 0 aromatic carbocycles. The molecule has 0 heterocycles. The van der Waals surface area contributed by atoms with Crippen LogP contribution in [0.25, 0.3) is 0 Å². The van der Waals surface area contributed by atoms with Gasteiger partial charge in [-0.15, -0.1) is 0 Å². The quantitative estimate of drug-likeness (QED) is 0.551. The Labute approximate surface area is 108 Å². The van der Waals surface area contributed by atoms with Crippen molar-refractivity contribution < 1.29 is 19.4 Å². The molecule has 0 bridgehead atoms. The van der Waals surface area contributed by atoms with Crippen molar-refractivity contribution in [1.82, 2.24) is 4.90 Å². The summed E-state index contributed by atoms with van der Waals surface area (Å²) in [4.78, 5) is 22.6. The molecule has 3 N–H and O–H groups in total. The lowest BCUT2D eigenvalue weighted by Crippen LogP contribution is -2.42. The maximum absolute atomic E-state index is 10.8. The maximum atomic E-state index is 10.8. The maximum Gasteiger partial charge on any atom is 0.325 e.